The first-order valence-corrected chi connectivity index (χ1v) is 7.64. The normalized spacial score (nSPS) is 17.6. The molecule has 1 aromatic rings. The fourth-order valence-corrected chi connectivity index (χ4v) is 2.93. The highest BCUT2D eigenvalue weighted by molar-refractivity contribution is 14.1. The number of benzene rings is 1. The van der Waals surface area contributed by atoms with Gasteiger partial charge in [-0.15, -0.1) is 0 Å². The Morgan fingerprint density at radius 2 is 1.71 bits per heavy atom. The highest BCUT2D eigenvalue weighted by Crippen LogP contribution is 2.33. The lowest BCUT2D eigenvalue weighted by Gasteiger charge is -2.29. The van der Waals surface area contributed by atoms with Gasteiger partial charge in [-0.05, 0) is 31.9 Å². The van der Waals surface area contributed by atoms with Crippen molar-refractivity contribution in [1.82, 2.24) is 3.53 Å². The van der Waals surface area contributed by atoms with Crippen molar-refractivity contribution in [3.05, 3.63) is 35.4 Å². The standard InChI is InChI=1S/C12H18I2N2O/c1-11(2,17)9-6-4-8(5-7-9)10(13)12(3,15)16-14/h4-7,10,16-17H,15H2,1-3H3. The van der Waals surface area contributed by atoms with E-state index in [0.717, 1.165) is 11.1 Å². The van der Waals surface area contributed by atoms with E-state index in [1.54, 1.807) is 13.8 Å². The van der Waals surface area contributed by atoms with Crippen LogP contribution in [0.4, 0.5) is 0 Å². The van der Waals surface area contributed by atoms with Crippen LogP contribution >= 0.6 is 45.5 Å². The zero-order valence-electron chi connectivity index (χ0n) is 10.2. The maximum atomic E-state index is 9.88. The molecule has 0 amide bonds. The van der Waals surface area contributed by atoms with Crippen molar-refractivity contribution >= 4 is 45.5 Å². The Morgan fingerprint density at radius 3 is 2.06 bits per heavy atom. The number of halogens is 2. The molecule has 4 N–H and O–H groups in total. The Bertz CT molecular complexity index is 371. The molecule has 0 bridgehead atoms. The van der Waals surface area contributed by atoms with Crippen LogP contribution in [0.3, 0.4) is 0 Å². The van der Waals surface area contributed by atoms with Crippen LogP contribution in [-0.4, -0.2) is 10.8 Å². The average Bonchev–Trinajstić information content (AvgIpc) is 2.27. The molecule has 0 aromatic heterocycles. The molecule has 0 saturated heterocycles. The second-order valence-corrected chi connectivity index (χ2v) is 6.71. The summed E-state index contributed by atoms with van der Waals surface area (Å²) in [5.41, 5.74) is 6.93. The van der Waals surface area contributed by atoms with Crippen LogP contribution < -0.4 is 9.26 Å². The van der Waals surface area contributed by atoms with Crippen LogP contribution in [0.25, 0.3) is 0 Å². The van der Waals surface area contributed by atoms with Gasteiger partial charge in [0.25, 0.3) is 0 Å². The highest BCUT2D eigenvalue weighted by atomic mass is 127. The third kappa shape index (κ3) is 4.02. The smallest absolute Gasteiger partial charge is 0.0879 e. The van der Waals surface area contributed by atoms with Crippen molar-refractivity contribution in [2.24, 2.45) is 5.73 Å². The first-order chi connectivity index (χ1) is 7.68. The number of hydrogen-bond donors (Lipinski definition) is 3. The summed E-state index contributed by atoms with van der Waals surface area (Å²) in [4.78, 5) is 0. The van der Waals surface area contributed by atoms with Crippen LogP contribution in [0.1, 0.15) is 35.8 Å². The van der Waals surface area contributed by atoms with Crippen LogP contribution in [0.15, 0.2) is 24.3 Å². The molecule has 3 nitrogen and oxygen atoms in total. The Hall–Kier alpha value is 0.560. The molecule has 5 heteroatoms. The van der Waals surface area contributed by atoms with Gasteiger partial charge in [0.05, 0.1) is 15.2 Å². The van der Waals surface area contributed by atoms with Gasteiger partial charge in [-0.1, -0.05) is 46.9 Å². The predicted octanol–water partition coefficient (Wildman–Crippen LogP) is 3.00. The third-order valence-corrected chi connectivity index (χ3v) is 5.82. The molecule has 0 aliphatic heterocycles. The van der Waals surface area contributed by atoms with E-state index in [4.69, 9.17) is 5.73 Å². The third-order valence-electron chi connectivity index (χ3n) is 2.64. The van der Waals surface area contributed by atoms with E-state index in [-0.39, 0.29) is 3.92 Å². The van der Waals surface area contributed by atoms with E-state index < -0.39 is 11.3 Å². The second kappa shape index (κ2) is 5.68. The molecule has 0 spiro atoms. The number of nitrogens with one attached hydrogen (secondary N) is 1. The summed E-state index contributed by atoms with van der Waals surface area (Å²) in [6.45, 7) is 5.52. The predicted molar refractivity (Wildman–Crippen MR) is 88.2 cm³/mol. The second-order valence-electron chi connectivity index (χ2n) is 4.92. The summed E-state index contributed by atoms with van der Waals surface area (Å²) in [5, 5.41) is 9.88. The average molecular weight is 460 g/mol. The molecule has 0 heterocycles. The Kier molecular flexibility index (Phi) is 5.22. The van der Waals surface area contributed by atoms with E-state index in [9.17, 15) is 5.11 Å². The summed E-state index contributed by atoms with van der Waals surface area (Å²) >= 11 is 4.40. The lowest BCUT2D eigenvalue weighted by molar-refractivity contribution is 0.0786. The van der Waals surface area contributed by atoms with Crippen LogP contribution in [-0.2, 0) is 5.60 Å². The lowest BCUT2D eigenvalue weighted by Crippen LogP contribution is -2.49. The Balaban J connectivity index is 2.96. The quantitative estimate of drug-likeness (QED) is 0.281. The number of rotatable bonds is 4. The molecular weight excluding hydrogens is 442 g/mol. The molecule has 2 atom stereocenters. The fraction of sp³-hybridized carbons (Fsp3) is 0.500. The monoisotopic (exact) mass is 460 g/mol. The number of hydrogen-bond acceptors (Lipinski definition) is 3. The van der Waals surface area contributed by atoms with Crippen molar-refractivity contribution in [1.29, 1.82) is 0 Å². The minimum Gasteiger partial charge on any atom is -0.386 e. The highest BCUT2D eigenvalue weighted by Gasteiger charge is 2.28. The van der Waals surface area contributed by atoms with E-state index in [0.29, 0.717) is 0 Å². The zero-order chi connectivity index (χ0) is 13.3. The van der Waals surface area contributed by atoms with Crippen molar-refractivity contribution < 1.29 is 5.11 Å². The van der Waals surface area contributed by atoms with Gasteiger partial charge in [0, 0.05) is 22.9 Å². The number of nitrogens with two attached hydrogens (primary N) is 1. The Labute approximate surface area is 130 Å². The summed E-state index contributed by atoms with van der Waals surface area (Å²) < 4.78 is 3.24. The summed E-state index contributed by atoms with van der Waals surface area (Å²) in [6.07, 6.45) is 0. The summed E-state index contributed by atoms with van der Waals surface area (Å²) in [7, 11) is 0. The van der Waals surface area contributed by atoms with Crippen molar-refractivity contribution in [2.75, 3.05) is 0 Å². The topological polar surface area (TPSA) is 58.3 Å². The first kappa shape index (κ1) is 15.6. The zero-order valence-corrected chi connectivity index (χ0v) is 14.5. The molecule has 0 saturated carbocycles. The van der Waals surface area contributed by atoms with Gasteiger partial charge in [0.15, 0.2) is 0 Å². The minimum absolute atomic E-state index is 0.160. The van der Waals surface area contributed by atoms with Crippen molar-refractivity contribution in [3.8, 4) is 0 Å². The lowest BCUT2D eigenvalue weighted by atomic mass is 9.95. The van der Waals surface area contributed by atoms with Gasteiger partial charge in [-0.3, -0.25) is 0 Å². The molecule has 0 aliphatic carbocycles. The van der Waals surface area contributed by atoms with Gasteiger partial charge in [-0.2, -0.15) is 0 Å². The van der Waals surface area contributed by atoms with E-state index >= 15 is 0 Å². The van der Waals surface area contributed by atoms with Gasteiger partial charge >= 0.3 is 0 Å². The van der Waals surface area contributed by atoms with E-state index in [1.165, 1.54) is 0 Å². The summed E-state index contributed by atoms with van der Waals surface area (Å²) in [5.74, 6) is 0. The molecule has 17 heavy (non-hydrogen) atoms. The molecule has 2 unspecified atom stereocenters. The minimum atomic E-state index is -0.799. The van der Waals surface area contributed by atoms with Gasteiger partial charge < -0.3 is 10.8 Å². The molecule has 0 fully saturated rings. The van der Waals surface area contributed by atoms with Crippen molar-refractivity contribution in [3.63, 3.8) is 0 Å². The van der Waals surface area contributed by atoms with Crippen molar-refractivity contribution in [2.45, 2.75) is 36.0 Å². The maximum Gasteiger partial charge on any atom is 0.0879 e. The molecule has 0 aliphatic rings. The van der Waals surface area contributed by atoms with Crippen LogP contribution in [0, 0.1) is 0 Å². The van der Waals surface area contributed by atoms with Gasteiger partial charge in [0.2, 0.25) is 0 Å². The number of aliphatic hydroxyl groups is 1. The van der Waals surface area contributed by atoms with Gasteiger partial charge in [0.1, 0.15) is 0 Å². The SMILES string of the molecule is CC(C)(O)c1ccc(C(I)C(C)(N)NI)cc1. The number of alkyl halides is 1. The summed E-state index contributed by atoms with van der Waals surface area (Å²) in [6, 6.07) is 7.93. The fourth-order valence-electron chi connectivity index (χ4n) is 1.45. The van der Waals surface area contributed by atoms with Crippen LogP contribution in [0.5, 0.6) is 0 Å². The molecule has 96 valence electrons. The van der Waals surface area contributed by atoms with E-state index in [2.05, 4.69) is 49.0 Å². The molecule has 1 aromatic carbocycles. The Morgan fingerprint density at radius 1 is 1.24 bits per heavy atom. The molecule has 0 radical (unpaired) electrons. The van der Waals surface area contributed by atoms with Gasteiger partial charge in [-0.25, -0.2) is 3.53 Å². The maximum absolute atomic E-state index is 9.88. The largest absolute Gasteiger partial charge is 0.386 e. The van der Waals surface area contributed by atoms with E-state index in [1.807, 2.05) is 31.2 Å². The van der Waals surface area contributed by atoms with Crippen LogP contribution in [0.2, 0.25) is 0 Å². The first-order valence-electron chi connectivity index (χ1n) is 5.32. The molecular formula is C12H18I2N2O. The molecule has 1 rings (SSSR count).